The third kappa shape index (κ3) is 8.71. The van der Waals surface area contributed by atoms with Crippen molar-refractivity contribution in [3.63, 3.8) is 0 Å². The highest BCUT2D eigenvalue weighted by Crippen LogP contribution is 2.29. The van der Waals surface area contributed by atoms with Crippen molar-refractivity contribution in [1.29, 1.82) is 0 Å². The van der Waals surface area contributed by atoms with Crippen LogP contribution in [0, 0.1) is 0 Å². The topological polar surface area (TPSA) is 80.0 Å². The smallest absolute Gasteiger partial charge is 0.290 e. The molecule has 0 unspecified atom stereocenters. The molecule has 0 amide bonds. The van der Waals surface area contributed by atoms with Crippen LogP contribution in [0.15, 0.2) is 94.1 Å². The number of fused-ring (bicyclic) bond motifs is 1. The molecule has 0 atom stereocenters. The van der Waals surface area contributed by atoms with E-state index in [1.54, 1.807) is 12.1 Å². The van der Waals surface area contributed by atoms with Gasteiger partial charge in [0, 0.05) is 31.8 Å². The zero-order chi connectivity index (χ0) is 26.2. The molecule has 36 heavy (non-hydrogen) atoms. The molecule has 6 heteroatoms. The number of para-hydroxylation sites is 1. The van der Waals surface area contributed by atoms with E-state index in [1.165, 1.54) is 18.4 Å². The van der Waals surface area contributed by atoms with Gasteiger partial charge in [0.15, 0.2) is 11.3 Å². The Kier molecular flexibility index (Phi) is 12.5. The monoisotopic (exact) mass is 489 g/mol. The van der Waals surface area contributed by atoms with Crippen LogP contribution in [0.5, 0.6) is 0 Å². The average molecular weight is 490 g/mol. The van der Waals surface area contributed by atoms with Gasteiger partial charge in [-0.2, -0.15) is 0 Å². The summed E-state index contributed by atoms with van der Waals surface area (Å²) in [5, 5.41) is 7.48. The molecule has 0 aliphatic heterocycles. The van der Waals surface area contributed by atoms with E-state index in [0.717, 1.165) is 11.1 Å². The molecule has 0 saturated carbocycles. The van der Waals surface area contributed by atoms with Crippen LogP contribution in [0.1, 0.15) is 25.8 Å². The average Bonchev–Trinajstić information content (AvgIpc) is 2.90. The normalized spacial score (nSPS) is 9.97. The summed E-state index contributed by atoms with van der Waals surface area (Å²) >= 11 is 0. The van der Waals surface area contributed by atoms with Crippen LogP contribution in [0.3, 0.4) is 0 Å². The minimum absolute atomic E-state index is 0.0349. The second-order valence-electron chi connectivity index (χ2n) is 7.96. The molecule has 1 aromatic heterocycles. The number of carboxylic acid groups (broad SMARTS) is 1. The third-order valence-corrected chi connectivity index (χ3v) is 5.36. The van der Waals surface area contributed by atoms with Crippen molar-refractivity contribution in [3.8, 4) is 11.1 Å². The predicted molar refractivity (Wildman–Crippen MR) is 147 cm³/mol. The summed E-state index contributed by atoms with van der Waals surface area (Å²) < 4.78 is 11.5. The Morgan fingerprint density at radius 1 is 0.944 bits per heavy atom. The van der Waals surface area contributed by atoms with Gasteiger partial charge >= 0.3 is 0 Å². The third-order valence-electron chi connectivity index (χ3n) is 5.36. The molecule has 1 N–H and O–H groups in total. The Bertz CT molecular complexity index is 1220. The number of rotatable bonds is 8. The fraction of sp³-hybridized carbons (Fsp3) is 0.267. The lowest BCUT2D eigenvalue weighted by Gasteiger charge is -2.18. The van der Waals surface area contributed by atoms with Gasteiger partial charge in [-0.05, 0) is 30.5 Å². The first-order valence-corrected chi connectivity index (χ1v) is 12.1. The quantitative estimate of drug-likeness (QED) is 0.232. The van der Waals surface area contributed by atoms with Crippen molar-refractivity contribution in [2.75, 3.05) is 31.7 Å². The minimum atomic E-state index is -0.250. The maximum atomic E-state index is 12.5. The Labute approximate surface area is 212 Å². The zero-order valence-electron chi connectivity index (χ0n) is 21.2. The molecule has 6 nitrogen and oxygen atoms in total. The number of carbonyl (C=O) groups is 1. The fourth-order valence-electron chi connectivity index (χ4n) is 3.59. The lowest BCUT2D eigenvalue weighted by atomic mass is 10.0. The van der Waals surface area contributed by atoms with Crippen LogP contribution in [0.2, 0.25) is 0 Å². The van der Waals surface area contributed by atoms with Crippen LogP contribution < -0.4 is 10.3 Å². The summed E-state index contributed by atoms with van der Waals surface area (Å²) in [4.78, 5) is 22.8. The van der Waals surface area contributed by atoms with E-state index < -0.39 is 0 Å². The van der Waals surface area contributed by atoms with Gasteiger partial charge in [-0.3, -0.25) is 9.59 Å². The van der Waals surface area contributed by atoms with Gasteiger partial charge in [-0.25, -0.2) is 0 Å². The second kappa shape index (κ2) is 15.9. The Balaban J connectivity index is 0.000000316. The van der Waals surface area contributed by atoms with Crippen LogP contribution >= 0.6 is 0 Å². The van der Waals surface area contributed by atoms with Gasteiger partial charge in [-0.15, -0.1) is 0 Å². The summed E-state index contributed by atoms with van der Waals surface area (Å²) in [6.07, 6.45) is 2.45. The summed E-state index contributed by atoms with van der Waals surface area (Å²) in [5.41, 5.74) is 3.98. The molecule has 0 saturated heterocycles. The number of hydrogen-bond donors (Lipinski definition) is 1. The van der Waals surface area contributed by atoms with E-state index >= 15 is 0 Å². The summed E-state index contributed by atoms with van der Waals surface area (Å²) in [5.74, 6) is 0.551. The molecule has 190 valence electrons. The number of likely N-dealkylation sites (N-methyl/N-ethyl adjacent to an activating group) is 1. The lowest BCUT2D eigenvalue weighted by Crippen LogP contribution is -2.23. The van der Waals surface area contributed by atoms with Crippen LogP contribution in [0.4, 0.5) is 5.88 Å². The van der Waals surface area contributed by atoms with Crippen LogP contribution in [0.25, 0.3) is 22.1 Å². The highest BCUT2D eigenvalue weighted by atomic mass is 16.5. The zero-order valence-corrected chi connectivity index (χ0v) is 21.2. The first-order valence-electron chi connectivity index (χ1n) is 12.1. The SMILES string of the molecule is CCCc1ccccc1.CCOCCN(C)c1cc(=O)c2cccc(-c3ccccc3)c2o1.O=CO. The molecule has 3 aromatic carbocycles. The summed E-state index contributed by atoms with van der Waals surface area (Å²) in [6, 6.07) is 27.7. The van der Waals surface area contributed by atoms with E-state index in [0.29, 0.717) is 36.6 Å². The standard InChI is InChI=1S/C20H21NO3.C9H12.CH2O2/c1-3-23-13-12-21(2)19-14-18(22)17-11-7-10-16(20(17)24-19)15-8-5-4-6-9-15;1-2-6-9-7-4-3-5-8-9;2-1-3/h4-11,14H,3,12-13H2,1-2H3;3-5,7-8H,2,6H2,1H3;1H,(H,2,3). The first-order chi connectivity index (χ1) is 17.5. The second-order valence-corrected chi connectivity index (χ2v) is 7.96. The van der Waals surface area contributed by atoms with E-state index in [1.807, 2.05) is 61.3 Å². The van der Waals surface area contributed by atoms with Gasteiger partial charge in [0.1, 0.15) is 5.58 Å². The Morgan fingerprint density at radius 3 is 2.19 bits per heavy atom. The van der Waals surface area contributed by atoms with Gasteiger partial charge in [0.25, 0.3) is 6.47 Å². The van der Waals surface area contributed by atoms with Gasteiger partial charge in [0.2, 0.25) is 0 Å². The summed E-state index contributed by atoms with van der Waals surface area (Å²) in [6.45, 7) is 5.84. The largest absolute Gasteiger partial charge is 0.483 e. The van der Waals surface area contributed by atoms with Gasteiger partial charge in [0.05, 0.1) is 12.0 Å². The van der Waals surface area contributed by atoms with Gasteiger partial charge in [-0.1, -0.05) is 86.1 Å². The minimum Gasteiger partial charge on any atom is -0.483 e. The number of benzene rings is 3. The van der Waals surface area contributed by atoms with Crippen LogP contribution in [-0.2, 0) is 16.0 Å². The molecular formula is C30H35NO5. The molecular weight excluding hydrogens is 454 g/mol. The molecule has 0 fully saturated rings. The van der Waals surface area contributed by atoms with E-state index in [4.69, 9.17) is 19.1 Å². The van der Waals surface area contributed by atoms with Crippen molar-refractivity contribution in [2.45, 2.75) is 26.7 Å². The molecule has 1 heterocycles. The molecule has 0 aliphatic rings. The molecule has 0 bridgehead atoms. The number of hydrogen-bond acceptors (Lipinski definition) is 5. The molecule has 4 rings (SSSR count). The Hall–Kier alpha value is -3.90. The number of nitrogens with zero attached hydrogens (tertiary/aromatic N) is 1. The maximum Gasteiger partial charge on any atom is 0.290 e. The first kappa shape index (κ1) is 28.3. The van der Waals surface area contributed by atoms with Crippen molar-refractivity contribution < 1.29 is 19.1 Å². The molecule has 0 radical (unpaired) electrons. The highest BCUT2D eigenvalue weighted by molar-refractivity contribution is 5.92. The predicted octanol–water partition coefficient (Wildman–Crippen LogP) is 6.27. The van der Waals surface area contributed by atoms with Crippen molar-refractivity contribution in [3.05, 3.63) is 101 Å². The number of anilines is 1. The van der Waals surface area contributed by atoms with E-state index in [9.17, 15) is 4.79 Å². The van der Waals surface area contributed by atoms with Crippen molar-refractivity contribution in [2.24, 2.45) is 0 Å². The van der Waals surface area contributed by atoms with E-state index in [2.05, 4.69) is 37.3 Å². The molecule has 0 aliphatic carbocycles. The number of ether oxygens (including phenoxy) is 1. The van der Waals surface area contributed by atoms with Crippen molar-refractivity contribution in [1.82, 2.24) is 0 Å². The van der Waals surface area contributed by atoms with Crippen LogP contribution in [-0.4, -0.2) is 38.4 Å². The highest BCUT2D eigenvalue weighted by Gasteiger charge is 2.12. The summed E-state index contributed by atoms with van der Waals surface area (Å²) in [7, 11) is 1.90. The van der Waals surface area contributed by atoms with Gasteiger partial charge < -0.3 is 19.2 Å². The Morgan fingerprint density at radius 2 is 1.58 bits per heavy atom. The fourth-order valence-corrected chi connectivity index (χ4v) is 3.59. The molecule has 4 aromatic rings. The molecule has 0 spiro atoms. The lowest BCUT2D eigenvalue weighted by molar-refractivity contribution is -0.122. The number of aryl methyl sites for hydroxylation is 1. The van der Waals surface area contributed by atoms with Crippen molar-refractivity contribution >= 4 is 23.3 Å². The van der Waals surface area contributed by atoms with E-state index in [-0.39, 0.29) is 11.9 Å². The maximum absolute atomic E-state index is 12.5.